The standard InChI is InChI=1S/C22H24N2O8/c1-28-13-6-8-18(30-3)16(9-13)23-21(27)22(12-20(25)26)11-17(24-32-22)15-7-5-14(29-2)10-19(15)31-4/h5-10H,11-12H2,1-4H3,(H,23,27)(H,25,26). The molecule has 32 heavy (non-hydrogen) atoms. The number of nitrogens with zero attached hydrogens (tertiary/aromatic N) is 1. The summed E-state index contributed by atoms with van der Waals surface area (Å²) in [4.78, 5) is 30.3. The van der Waals surface area contributed by atoms with Gasteiger partial charge in [0.1, 0.15) is 23.0 Å². The Hall–Kier alpha value is -3.95. The van der Waals surface area contributed by atoms with Crippen molar-refractivity contribution in [1.82, 2.24) is 0 Å². The van der Waals surface area contributed by atoms with Crippen LogP contribution in [0.1, 0.15) is 18.4 Å². The highest BCUT2D eigenvalue weighted by molar-refractivity contribution is 6.10. The smallest absolute Gasteiger partial charge is 0.308 e. The molecule has 0 aromatic heterocycles. The number of carboxylic acids is 1. The number of carboxylic acid groups (broad SMARTS) is 1. The number of oxime groups is 1. The number of aliphatic carboxylic acids is 1. The van der Waals surface area contributed by atoms with Gasteiger partial charge in [0.2, 0.25) is 5.60 Å². The molecule has 0 radical (unpaired) electrons. The number of benzene rings is 2. The van der Waals surface area contributed by atoms with Gasteiger partial charge in [0.15, 0.2) is 0 Å². The van der Waals surface area contributed by atoms with Crippen molar-refractivity contribution in [1.29, 1.82) is 0 Å². The molecule has 0 saturated heterocycles. The van der Waals surface area contributed by atoms with Crippen LogP contribution in [0.4, 0.5) is 5.69 Å². The Balaban J connectivity index is 1.91. The summed E-state index contributed by atoms with van der Waals surface area (Å²) in [6, 6.07) is 9.94. The maximum absolute atomic E-state index is 13.3. The molecule has 1 atom stereocenters. The lowest BCUT2D eigenvalue weighted by Gasteiger charge is -2.24. The number of carbonyl (C=O) groups is 2. The number of rotatable bonds is 9. The normalized spacial score (nSPS) is 17.1. The van der Waals surface area contributed by atoms with E-state index in [1.807, 2.05) is 0 Å². The molecule has 1 aliphatic rings. The highest BCUT2D eigenvalue weighted by atomic mass is 16.7. The Morgan fingerprint density at radius 1 is 1.00 bits per heavy atom. The summed E-state index contributed by atoms with van der Waals surface area (Å²) in [5, 5.41) is 16.2. The van der Waals surface area contributed by atoms with Crippen LogP contribution in [0.25, 0.3) is 0 Å². The largest absolute Gasteiger partial charge is 0.497 e. The second-order valence-corrected chi connectivity index (χ2v) is 6.96. The van der Waals surface area contributed by atoms with Crippen molar-refractivity contribution in [3.05, 3.63) is 42.0 Å². The number of carbonyl (C=O) groups excluding carboxylic acids is 1. The van der Waals surface area contributed by atoms with E-state index in [0.717, 1.165) is 0 Å². The molecule has 0 bridgehead atoms. The summed E-state index contributed by atoms with van der Waals surface area (Å²) < 4.78 is 21.1. The van der Waals surface area contributed by atoms with Gasteiger partial charge in [-0.05, 0) is 24.3 Å². The Kier molecular flexibility index (Phi) is 6.72. The lowest BCUT2D eigenvalue weighted by Crippen LogP contribution is -2.45. The van der Waals surface area contributed by atoms with Gasteiger partial charge in [0, 0.05) is 24.1 Å². The molecular weight excluding hydrogens is 420 g/mol. The molecular formula is C22H24N2O8. The number of anilines is 1. The topological polar surface area (TPSA) is 125 Å². The predicted molar refractivity (Wildman–Crippen MR) is 115 cm³/mol. The molecule has 2 N–H and O–H groups in total. The first-order chi connectivity index (χ1) is 15.4. The SMILES string of the molecule is COc1ccc(OC)c(NC(=O)C2(CC(=O)O)CC(c3ccc(OC)cc3OC)=NO2)c1. The maximum atomic E-state index is 13.3. The van der Waals surface area contributed by atoms with Gasteiger partial charge in [-0.1, -0.05) is 5.16 Å². The Morgan fingerprint density at radius 3 is 2.28 bits per heavy atom. The molecule has 0 aliphatic carbocycles. The second kappa shape index (κ2) is 9.46. The number of ether oxygens (including phenoxy) is 4. The molecule has 1 aliphatic heterocycles. The molecule has 0 spiro atoms. The Morgan fingerprint density at radius 2 is 1.66 bits per heavy atom. The van der Waals surface area contributed by atoms with Crippen molar-refractivity contribution in [3.63, 3.8) is 0 Å². The van der Waals surface area contributed by atoms with E-state index in [1.165, 1.54) is 28.4 Å². The van der Waals surface area contributed by atoms with Crippen molar-refractivity contribution in [2.24, 2.45) is 5.16 Å². The van der Waals surface area contributed by atoms with Crippen LogP contribution >= 0.6 is 0 Å². The second-order valence-electron chi connectivity index (χ2n) is 6.96. The van der Waals surface area contributed by atoms with Crippen LogP contribution in [0.2, 0.25) is 0 Å². The summed E-state index contributed by atoms with van der Waals surface area (Å²) in [5.41, 5.74) is -0.522. The number of hydrogen-bond acceptors (Lipinski definition) is 8. The molecule has 1 amide bonds. The zero-order chi connectivity index (χ0) is 23.3. The van der Waals surface area contributed by atoms with Crippen molar-refractivity contribution in [2.45, 2.75) is 18.4 Å². The average Bonchev–Trinajstić information content (AvgIpc) is 3.22. The molecule has 0 saturated carbocycles. The van der Waals surface area contributed by atoms with Gasteiger partial charge < -0.3 is 34.2 Å². The summed E-state index contributed by atoms with van der Waals surface area (Å²) in [5.74, 6) is -0.00715. The van der Waals surface area contributed by atoms with Crippen molar-refractivity contribution < 1.29 is 38.5 Å². The van der Waals surface area contributed by atoms with Crippen molar-refractivity contribution >= 4 is 23.3 Å². The molecule has 2 aromatic carbocycles. The Labute approximate surface area is 184 Å². The van der Waals surface area contributed by atoms with Gasteiger partial charge in [-0.2, -0.15) is 0 Å². The summed E-state index contributed by atoms with van der Waals surface area (Å²) in [7, 11) is 5.95. The zero-order valence-electron chi connectivity index (χ0n) is 18.1. The first-order valence-electron chi connectivity index (χ1n) is 9.58. The van der Waals surface area contributed by atoms with Gasteiger partial charge in [0.25, 0.3) is 5.91 Å². The third-order valence-electron chi connectivity index (χ3n) is 5.01. The molecule has 1 unspecified atom stereocenters. The van der Waals surface area contributed by atoms with Crippen molar-refractivity contribution in [3.8, 4) is 23.0 Å². The van der Waals surface area contributed by atoms with Gasteiger partial charge >= 0.3 is 5.97 Å². The van der Waals surface area contributed by atoms with Crippen LogP contribution in [0, 0.1) is 0 Å². The molecule has 2 aromatic rings. The predicted octanol–water partition coefficient (Wildman–Crippen LogP) is 2.70. The van der Waals surface area contributed by atoms with Crippen LogP contribution in [-0.4, -0.2) is 56.7 Å². The first-order valence-corrected chi connectivity index (χ1v) is 9.58. The monoisotopic (exact) mass is 444 g/mol. The fraction of sp³-hybridized carbons (Fsp3) is 0.318. The minimum atomic E-state index is -1.76. The van der Waals surface area contributed by atoms with Gasteiger partial charge in [0.05, 0.1) is 46.3 Å². The van der Waals surface area contributed by atoms with E-state index in [2.05, 4.69) is 10.5 Å². The lowest BCUT2D eigenvalue weighted by atomic mass is 9.89. The van der Waals surface area contributed by atoms with Crippen molar-refractivity contribution in [2.75, 3.05) is 33.8 Å². The van der Waals surface area contributed by atoms with E-state index >= 15 is 0 Å². The molecule has 3 rings (SSSR count). The van der Waals surface area contributed by atoms with Crippen LogP contribution in [0.5, 0.6) is 23.0 Å². The van der Waals surface area contributed by atoms with E-state index < -0.39 is 23.9 Å². The van der Waals surface area contributed by atoms with Crippen LogP contribution < -0.4 is 24.3 Å². The summed E-state index contributed by atoms with van der Waals surface area (Å²) >= 11 is 0. The fourth-order valence-electron chi connectivity index (χ4n) is 3.35. The van der Waals surface area contributed by atoms with E-state index in [4.69, 9.17) is 23.8 Å². The minimum Gasteiger partial charge on any atom is -0.497 e. The van der Waals surface area contributed by atoms with E-state index in [-0.39, 0.29) is 6.42 Å². The van der Waals surface area contributed by atoms with Crippen LogP contribution in [0.3, 0.4) is 0 Å². The molecule has 1 heterocycles. The van der Waals surface area contributed by atoms with E-state index in [1.54, 1.807) is 36.4 Å². The quantitative estimate of drug-likeness (QED) is 0.605. The molecule has 10 nitrogen and oxygen atoms in total. The highest BCUT2D eigenvalue weighted by Gasteiger charge is 2.49. The molecule has 0 fully saturated rings. The minimum absolute atomic E-state index is 0.0832. The first kappa shape index (κ1) is 22.7. The van der Waals surface area contributed by atoms with Gasteiger partial charge in [-0.15, -0.1) is 0 Å². The highest BCUT2D eigenvalue weighted by Crippen LogP contribution is 2.37. The third-order valence-corrected chi connectivity index (χ3v) is 5.01. The lowest BCUT2D eigenvalue weighted by molar-refractivity contribution is -0.152. The Bertz CT molecular complexity index is 1050. The van der Waals surface area contributed by atoms with Gasteiger partial charge in [-0.25, -0.2) is 0 Å². The van der Waals surface area contributed by atoms with Crippen LogP contribution in [0.15, 0.2) is 41.6 Å². The number of amides is 1. The third kappa shape index (κ3) is 4.53. The number of nitrogens with one attached hydrogen (secondary N) is 1. The molecule has 170 valence electrons. The summed E-state index contributed by atoms with van der Waals surface area (Å²) in [6.45, 7) is 0. The van der Waals surface area contributed by atoms with Gasteiger partial charge in [-0.3, -0.25) is 9.59 Å². The number of hydrogen-bond donors (Lipinski definition) is 2. The summed E-state index contributed by atoms with van der Waals surface area (Å²) in [6.07, 6.45) is -0.684. The van der Waals surface area contributed by atoms with Crippen LogP contribution in [-0.2, 0) is 14.4 Å². The number of methoxy groups -OCH3 is 4. The maximum Gasteiger partial charge on any atom is 0.308 e. The fourth-order valence-corrected chi connectivity index (χ4v) is 3.35. The zero-order valence-corrected chi connectivity index (χ0v) is 18.1. The average molecular weight is 444 g/mol. The van der Waals surface area contributed by atoms with E-state index in [9.17, 15) is 14.7 Å². The molecule has 10 heteroatoms. The van der Waals surface area contributed by atoms with E-state index in [0.29, 0.717) is 40.0 Å².